The Bertz CT molecular complexity index is 1270. The van der Waals surface area contributed by atoms with Gasteiger partial charge >= 0.3 is 0 Å². The fourth-order valence-electron chi connectivity index (χ4n) is 5.71. The average Bonchev–Trinajstić information content (AvgIpc) is 3.27. The molecule has 0 spiro atoms. The van der Waals surface area contributed by atoms with Gasteiger partial charge in [0.25, 0.3) is 6.48 Å². The van der Waals surface area contributed by atoms with E-state index >= 15 is 0 Å². The molecule has 5 nitrogen and oxygen atoms in total. The van der Waals surface area contributed by atoms with E-state index in [9.17, 15) is 5.11 Å². The molecule has 46 heavy (non-hydrogen) atoms. The molecule has 1 saturated heterocycles. The van der Waals surface area contributed by atoms with Crippen LogP contribution < -0.4 is 4.74 Å². The Labute approximate surface area is 289 Å². The molecule has 1 N–H and O–H groups in total. The highest BCUT2D eigenvalue weighted by Crippen LogP contribution is 2.51. The van der Waals surface area contributed by atoms with E-state index in [-0.39, 0.29) is 37.9 Å². The average molecular weight is 675 g/mol. The molecule has 1 heterocycles. The maximum atomic E-state index is 11.3. The van der Waals surface area contributed by atoms with Crippen LogP contribution in [0.1, 0.15) is 139 Å². The van der Waals surface area contributed by atoms with Gasteiger partial charge in [-0.15, -0.1) is 23.5 Å². The Morgan fingerprint density at radius 1 is 0.630 bits per heavy atom. The van der Waals surface area contributed by atoms with Gasteiger partial charge in [0.2, 0.25) is 0 Å². The topological polar surface area (TPSA) is 57.2 Å². The molecule has 3 atom stereocenters. The first-order valence-electron chi connectivity index (χ1n) is 16.9. The molecule has 1 unspecified atom stereocenters. The van der Waals surface area contributed by atoms with Crippen LogP contribution in [-0.2, 0) is 35.9 Å². The number of phenols is 1. The quantitative estimate of drug-likeness (QED) is 0.199. The molecule has 1 aliphatic heterocycles. The number of benzene rings is 2. The summed E-state index contributed by atoms with van der Waals surface area (Å²) in [6.07, 6.45) is 0.555. The van der Waals surface area contributed by atoms with E-state index < -0.39 is 6.48 Å². The summed E-state index contributed by atoms with van der Waals surface area (Å²) in [4.78, 5) is 2.39. The maximum Gasteiger partial charge on any atom is 0.272 e. The first-order chi connectivity index (χ1) is 20.9. The summed E-state index contributed by atoms with van der Waals surface area (Å²) in [5.74, 6) is 1.36. The van der Waals surface area contributed by atoms with Gasteiger partial charge in [-0.1, -0.05) is 90.0 Å². The number of ether oxygens (including phenoxy) is 4. The zero-order valence-electron chi connectivity index (χ0n) is 31.6. The molecule has 0 radical (unpaired) electrons. The number of thioether (sulfide) groups is 2. The maximum absolute atomic E-state index is 11.3. The van der Waals surface area contributed by atoms with E-state index in [0.29, 0.717) is 19.0 Å². The van der Waals surface area contributed by atoms with Crippen molar-refractivity contribution in [2.24, 2.45) is 0 Å². The van der Waals surface area contributed by atoms with Gasteiger partial charge < -0.3 is 24.1 Å². The molecule has 7 heteroatoms. The SMILES string of the molecule is CCOC1O[C@@H](CC)[C@H](COc2c(C(C)(C)C)cc(SC(C)(C)Sc3cc(C(C)(C)C)c(O)c(C(C)(C)C)c3)cc2C(C)(C)C)O1. The molecule has 0 aromatic heterocycles. The van der Waals surface area contributed by atoms with Gasteiger partial charge in [0.05, 0.1) is 10.2 Å². The van der Waals surface area contributed by atoms with Crippen molar-refractivity contribution in [3.63, 3.8) is 0 Å². The Morgan fingerprint density at radius 2 is 1.02 bits per heavy atom. The summed E-state index contributed by atoms with van der Waals surface area (Å²) in [5.41, 5.74) is 3.72. The molecule has 0 amide bonds. The van der Waals surface area contributed by atoms with Gasteiger partial charge in [0.1, 0.15) is 24.2 Å². The van der Waals surface area contributed by atoms with Crippen molar-refractivity contribution in [1.82, 2.24) is 0 Å². The van der Waals surface area contributed by atoms with E-state index in [2.05, 4.69) is 128 Å². The first kappa shape index (κ1) is 39.1. The molecule has 0 aliphatic carbocycles. The summed E-state index contributed by atoms with van der Waals surface area (Å²) in [6.45, 7) is 35.4. The van der Waals surface area contributed by atoms with Gasteiger partial charge in [-0.05, 0) is 73.1 Å². The largest absolute Gasteiger partial charge is 0.507 e. The smallest absolute Gasteiger partial charge is 0.272 e. The molecule has 2 aromatic rings. The van der Waals surface area contributed by atoms with Gasteiger partial charge in [-0.25, -0.2) is 0 Å². The van der Waals surface area contributed by atoms with Crippen LogP contribution in [0.2, 0.25) is 0 Å². The first-order valence-corrected chi connectivity index (χ1v) is 18.5. The van der Waals surface area contributed by atoms with Crippen LogP contribution in [0.25, 0.3) is 0 Å². The second-order valence-corrected chi connectivity index (χ2v) is 20.8. The van der Waals surface area contributed by atoms with E-state index in [1.807, 2.05) is 30.4 Å². The van der Waals surface area contributed by atoms with Gasteiger partial charge in [-0.2, -0.15) is 0 Å². The fourth-order valence-corrected chi connectivity index (χ4v) is 8.29. The minimum absolute atomic E-state index is 0.0714. The summed E-state index contributed by atoms with van der Waals surface area (Å²) < 4.78 is 24.3. The lowest BCUT2D eigenvalue weighted by Crippen LogP contribution is -2.30. The third-order valence-electron chi connectivity index (χ3n) is 8.19. The molecule has 260 valence electrons. The van der Waals surface area contributed by atoms with Crippen LogP contribution >= 0.6 is 23.5 Å². The second kappa shape index (κ2) is 14.2. The van der Waals surface area contributed by atoms with Crippen molar-refractivity contribution >= 4 is 23.5 Å². The second-order valence-electron chi connectivity index (χ2n) is 17.1. The fraction of sp³-hybridized carbons (Fsp3) is 0.692. The normalized spacial score (nSPS) is 20.0. The third-order valence-corrected chi connectivity index (χ3v) is 10.6. The summed E-state index contributed by atoms with van der Waals surface area (Å²) in [7, 11) is 0. The summed E-state index contributed by atoms with van der Waals surface area (Å²) in [6, 6.07) is 9.01. The minimum atomic E-state index is -0.640. The van der Waals surface area contributed by atoms with Crippen LogP contribution in [0.15, 0.2) is 34.1 Å². The predicted octanol–water partition coefficient (Wildman–Crippen LogP) is 11.1. The van der Waals surface area contributed by atoms with Gasteiger partial charge in [-0.3, -0.25) is 0 Å². The molecular formula is C39H62O5S2. The number of hydrogen-bond acceptors (Lipinski definition) is 7. The molecular weight excluding hydrogens is 613 g/mol. The summed E-state index contributed by atoms with van der Waals surface area (Å²) in [5, 5.41) is 11.3. The highest BCUT2D eigenvalue weighted by atomic mass is 32.2. The van der Waals surface area contributed by atoms with Crippen LogP contribution in [0.5, 0.6) is 11.5 Å². The Hall–Kier alpha value is -1.38. The third kappa shape index (κ3) is 9.84. The van der Waals surface area contributed by atoms with Crippen molar-refractivity contribution in [1.29, 1.82) is 0 Å². The minimum Gasteiger partial charge on any atom is -0.507 e. The van der Waals surface area contributed by atoms with E-state index in [4.69, 9.17) is 18.9 Å². The highest BCUT2D eigenvalue weighted by Gasteiger charge is 2.38. The standard InChI is InChI=1S/C39H62O5S2/c1-17-30-31(44-34(43-30)41-18-2)23-42-33-28(37(9,10)11)21-25(22-29(33)38(12,13)14)46-39(15,16)45-24-19-26(35(3,4)5)32(40)27(20-24)36(6,7)8/h19-22,30-31,34,40H,17-18,23H2,1-16H3/t30-,31-,34?/m0/s1. The Kier molecular flexibility index (Phi) is 12.1. The van der Waals surface area contributed by atoms with E-state index in [1.54, 1.807) is 0 Å². The lowest BCUT2D eigenvalue weighted by atomic mass is 9.79. The Balaban J connectivity index is 2.01. The lowest BCUT2D eigenvalue weighted by Gasteiger charge is -2.33. The molecule has 0 saturated carbocycles. The van der Waals surface area contributed by atoms with Gasteiger partial charge in [0.15, 0.2) is 0 Å². The Morgan fingerprint density at radius 3 is 1.39 bits per heavy atom. The van der Waals surface area contributed by atoms with Crippen LogP contribution in [0, 0.1) is 0 Å². The zero-order chi connectivity index (χ0) is 35.0. The van der Waals surface area contributed by atoms with Crippen molar-refractivity contribution < 1.29 is 24.1 Å². The molecule has 0 bridgehead atoms. The van der Waals surface area contributed by atoms with Crippen molar-refractivity contribution in [2.75, 3.05) is 13.2 Å². The molecule has 1 aliphatic rings. The number of phenolic OH excluding ortho intramolecular Hbond substituents is 1. The molecule has 1 fully saturated rings. The van der Waals surface area contributed by atoms with Crippen LogP contribution in [0.3, 0.4) is 0 Å². The molecule has 3 rings (SSSR count). The number of hydrogen-bond donors (Lipinski definition) is 1. The summed E-state index contributed by atoms with van der Waals surface area (Å²) >= 11 is 3.73. The van der Waals surface area contributed by atoms with Crippen molar-refractivity contribution in [3.8, 4) is 11.5 Å². The number of rotatable bonds is 10. The predicted molar refractivity (Wildman–Crippen MR) is 196 cm³/mol. The highest BCUT2D eigenvalue weighted by molar-refractivity contribution is 8.18. The number of aromatic hydroxyl groups is 1. The van der Waals surface area contributed by atoms with Crippen molar-refractivity contribution in [3.05, 3.63) is 46.5 Å². The van der Waals surface area contributed by atoms with Crippen LogP contribution in [-0.4, -0.2) is 41.1 Å². The van der Waals surface area contributed by atoms with Gasteiger partial charge in [0, 0.05) is 38.7 Å². The van der Waals surface area contributed by atoms with Crippen molar-refractivity contribution in [2.45, 2.75) is 171 Å². The lowest BCUT2D eigenvalue weighted by molar-refractivity contribution is -0.241. The molecule has 2 aromatic carbocycles. The monoisotopic (exact) mass is 674 g/mol. The van der Waals surface area contributed by atoms with E-state index in [1.165, 1.54) is 20.9 Å². The van der Waals surface area contributed by atoms with E-state index in [0.717, 1.165) is 23.3 Å². The zero-order valence-corrected chi connectivity index (χ0v) is 33.2. The van der Waals surface area contributed by atoms with Crippen LogP contribution in [0.4, 0.5) is 0 Å².